The van der Waals surface area contributed by atoms with Gasteiger partial charge in [-0.05, 0) is 18.1 Å². The largest absolute Gasteiger partial charge is 0.311 e. The highest BCUT2D eigenvalue weighted by atomic mass is 14.9. The van der Waals surface area contributed by atoms with E-state index in [2.05, 4.69) is 78.2 Å². The molecule has 0 aliphatic carbocycles. The lowest BCUT2D eigenvalue weighted by Crippen LogP contribution is -2.26. The third-order valence-electron chi connectivity index (χ3n) is 3.76. The summed E-state index contributed by atoms with van der Waals surface area (Å²) in [4.78, 5) is 0. The first-order valence-electron chi connectivity index (χ1n) is 8.85. The Hall–Kier alpha value is -2.42. The van der Waals surface area contributed by atoms with Gasteiger partial charge in [0.2, 0.25) is 0 Å². The molecule has 0 saturated heterocycles. The highest BCUT2D eigenvalue weighted by Gasteiger charge is 1.92. The molecule has 2 nitrogen and oxygen atoms in total. The van der Waals surface area contributed by atoms with Gasteiger partial charge in [-0.2, -0.15) is 0 Å². The van der Waals surface area contributed by atoms with Crippen molar-refractivity contribution in [3.63, 3.8) is 0 Å². The molecule has 0 radical (unpaired) electrons. The van der Waals surface area contributed by atoms with Crippen molar-refractivity contribution in [2.45, 2.75) is 20.0 Å². The van der Waals surface area contributed by atoms with E-state index in [4.69, 9.17) is 0 Å². The van der Waals surface area contributed by atoms with Crippen LogP contribution in [-0.2, 0) is 13.1 Å². The minimum atomic E-state index is 0.938. The molecule has 0 spiro atoms. The van der Waals surface area contributed by atoms with Crippen LogP contribution in [0.2, 0.25) is 0 Å². The van der Waals surface area contributed by atoms with Crippen molar-refractivity contribution in [3.05, 3.63) is 108 Å². The fourth-order valence-electron chi connectivity index (χ4n) is 2.37. The van der Waals surface area contributed by atoms with Crippen molar-refractivity contribution < 1.29 is 0 Å². The second kappa shape index (κ2) is 12.0. The summed E-state index contributed by atoms with van der Waals surface area (Å²) in [5.74, 6) is 0. The number of nitrogens with one attached hydrogen (secondary N) is 2. The van der Waals surface area contributed by atoms with E-state index in [1.807, 2.05) is 30.3 Å². The van der Waals surface area contributed by atoms with Crippen LogP contribution in [0.15, 0.2) is 91.0 Å². The predicted octanol–water partition coefficient (Wildman–Crippen LogP) is 4.56. The summed E-state index contributed by atoms with van der Waals surface area (Å²) < 4.78 is 0. The normalized spacial score (nSPS) is 9.96. The monoisotopic (exact) mass is 332 g/mol. The summed E-state index contributed by atoms with van der Waals surface area (Å²) in [6.45, 7) is 5.94. The summed E-state index contributed by atoms with van der Waals surface area (Å²) in [6.07, 6.45) is 0. The Kier molecular flexibility index (Phi) is 9.09. The first kappa shape index (κ1) is 18.9. The van der Waals surface area contributed by atoms with Gasteiger partial charge >= 0.3 is 0 Å². The maximum absolute atomic E-state index is 3.43. The molecule has 2 heteroatoms. The first-order valence-corrected chi connectivity index (χ1v) is 8.85. The molecular formula is C23H28N2. The molecule has 0 amide bonds. The van der Waals surface area contributed by atoms with Crippen molar-refractivity contribution in [2.24, 2.45) is 0 Å². The van der Waals surface area contributed by atoms with Crippen molar-refractivity contribution in [3.8, 4) is 0 Å². The van der Waals surface area contributed by atoms with Gasteiger partial charge in [-0.1, -0.05) is 96.6 Å². The topological polar surface area (TPSA) is 24.1 Å². The lowest BCUT2D eigenvalue weighted by Gasteiger charge is -2.06. The average Bonchev–Trinajstić information content (AvgIpc) is 2.67. The molecule has 0 heterocycles. The summed E-state index contributed by atoms with van der Waals surface area (Å²) >= 11 is 0. The maximum atomic E-state index is 3.43. The summed E-state index contributed by atoms with van der Waals surface area (Å²) in [7, 11) is 0. The Labute approximate surface area is 151 Å². The van der Waals surface area contributed by atoms with Gasteiger partial charge < -0.3 is 10.6 Å². The quantitative estimate of drug-likeness (QED) is 0.620. The van der Waals surface area contributed by atoms with E-state index in [0.29, 0.717) is 0 Å². The van der Waals surface area contributed by atoms with Gasteiger partial charge in [0.25, 0.3) is 0 Å². The third kappa shape index (κ3) is 8.85. The number of benzene rings is 3. The molecule has 0 saturated carbocycles. The zero-order chi connectivity index (χ0) is 17.6. The van der Waals surface area contributed by atoms with Crippen LogP contribution in [0.1, 0.15) is 16.7 Å². The van der Waals surface area contributed by atoms with Crippen molar-refractivity contribution in [1.29, 1.82) is 0 Å². The molecule has 2 N–H and O–H groups in total. The number of hydrogen-bond donors (Lipinski definition) is 2. The molecule has 0 aliphatic rings. The van der Waals surface area contributed by atoms with Crippen molar-refractivity contribution >= 4 is 0 Å². The third-order valence-corrected chi connectivity index (χ3v) is 3.76. The van der Waals surface area contributed by atoms with Crippen molar-refractivity contribution in [1.82, 2.24) is 10.6 Å². The molecule has 0 aliphatic heterocycles. The van der Waals surface area contributed by atoms with E-state index in [-0.39, 0.29) is 0 Å². The SMILES string of the molecule is Cc1ccccc1.c1ccc(CNCCNCc2ccccc2)cc1. The lowest BCUT2D eigenvalue weighted by molar-refractivity contribution is 0.611. The van der Waals surface area contributed by atoms with Crippen LogP contribution in [-0.4, -0.2) is 13.1 Å². The van der Waals surface area contributed by atoms with Gasteiger partial charge in [-0.3, -0.25) is 0 Å². The number of rotatable bonds is 7. The molecule has 0 atom stereocenters. The number of aryl methyl sites for hydroxylation is 1. The number of hydrogen-bond acceptors (Lipinski definition) is 2. The van der Waals surface area contributed by atoms with Crippen LogP contribution in [0.5, 0.6) is 0 Å². The predicted molar refractivity (Wildman–Crippen MR) is 107 cm³/mol. The molecule has 0 aromatic heterocycles. The van der Waals surface area contributed by atoms with Gasteiger partial charge in [0.15, 0.2) is 0 Å². The van der Waals surface area contributed by atoms with Crippen LogP contribution in [0.4, 0.5) is 0 Å². The summed E-state index contributed by atoms with van der Waals surface area (Å²) in [6, 6.07) is 31.2. The van der Waals surface area contributed by atoms with Gasteiger partial charge in [-0.25, -0.2) is 0 Å². The zero-order valence-electron chi connectivity index (χ0n) is 15.0. The minimum absolute atomic E-state index is 0.938. The maximum Gasteiger partial charge on any atom is 0.0206 e. The molecule has 3 rings (SSSR count). The lowest BCUT2D eigenvalue weighted by atomic mass is 10.2. The van der Waals surface area contributed by atoms with E-state index in [0.717, 1.165) is 26.2 Å². The molecule has 3 aromatic carbocycles. The molecule has 130 valence electrons. The molecule has 3 aromatic rings. The highest BCUT2D eigenvalue weighted by Crippen LogP contribution is 1.97. The Morgan fingerprint density at radius 1 is 0.520 bits per heavy atom. The second-order valence-corrected chi connectivity index (χ2v) is 5.98. The van der Waals surface area contributed by atoms with Gasteiger partial charge in [-0.15, -0.1) is 0 Å². The standard InChI is InChI=1S/C16H20N2.C7H8/c1-3-7-15(8-4-1)13-17-11-12-18-14-16-9-5-2-6-10-16;1-7-5-3-2-4-6-7/h1-10,17-18H,11-14H2;2-6H,1H3. The van der Waals surface area contributed by atoms with E-state index in [1.54, 1.807) is 0 Å². The fraction of sp³-hybridized carbons (Fsp3) is 0.217. The summed E-state index contributed by atoms with van der Waals surface area (Å²) in [5, 5.41) is 6.85. The zero-order valence-corrected chi connectivity index (χ0v) is 15.0. The van der Waals surface area contributed by atoms with Crippen molar-refractivity contribution in [2.75, 3.05) is 13.1 Å². The van der Waals surface area contributed by atoms with Crippen LogP contribution in [0.3, 0.4) is 0 Å². The van der Waals surface area contributed by atoms with E-state index in [9.17, 15) is 0 Å². The molecule has 0 bridgehead atoms. The Bertz CT molecular complexity index is 623. The first-order chi connectivity index (χ1) is 12.3. The van der Waals surface area contributed by atoms with Crippen LogP contribution < -0.4 is 10.6 Å². The highest BCUT2D eigenvalue weighted by molar-refractivity contribution is 5.15. The Morgan fingerprint density at radius 3 is 1.20 bits per heavy atom. The summed E-state index contributed by atoms with van der Waals surface area (Å²) in [5.41, 5.74) is 3.99. The van der Waals surface area contributed by atoms with Crippen LogP contribution in [0.25, 0.3) is 0 Å². The Balaban J connectivity index is 0.000000269. The van der Waals surface area contributed by atoms with Crippen LogP contribution in [0, 0.1) is 6.92 Å². The smallest absolute Gasteiger partial charge is 0.0206 e. The van der Waals surface area contributed by atoms with E-state index >= 15 is 0 Å². The fourth-order valence-corrected chi connectivity index (χ4v) is 2.37. The van der Waals surface area contributed by atoms with Gasteiger partial charge in [0.05, 0.1) is 0 Å². The molecule has 25 heavy (non-hydrogen) atoms. The van der Waals surface area contributed by atoms with E-state index in [1.165, 1.54) is 16.7 Å². The Morgan fingerprint density at radius 2 is 0.880 bits per heavy atom. The molecule has 0 fully saturated rings. The molecule has 0 unspecified atom stereocenters. The average molecular weight is 332 g/mol. The van der Waals surface area contributed by atoms with Gasteiger partial charge in [0, 0.05) is 26.2 Å². The van der Waals surface area contributed by atoms with Gasteiger partial charge in [0.1, 0.15) is 0 Å². The van der Waals surface area contributed by atoms with Crippen LogP contribution >= 0.6 is 0 Å². The second-order valence-electron chi connectivity index (χ2n) is 5.98. The van der Waals surface area contributed by atoms with E-state index < -0.39 is 0 Å². The minimum Gasteiger partial charge on any atom is -0.311 e. The molecular weight excluding hydrogens is 304 g/mol.